The van der Waals surface area contributed by atoms with E-state index >= 15 is 0 Å². The van der Waals surface area contributed by atoms with Gasteiger partial charge in [-0.3, -0.25) is 9.59 Å². The topological polar surface area (TPSA) is 94.0 Å². The Kier molecular flexibility index (Phi) is 5.59. The predicted octanol–water partition coefficient (Wildman–Crippen LogP) is 2.30. The average Bonchev–Trinajstić information content (AvgIpc) is 3.17. The molecule has 0 aromatic carbocycles. The van der Waals surface area contributed by atoms with Gasteiger partial charge in [-0.05, 0) is 18.9 Å². The highest BCUT2D eigenvalue weighted by atomic mass is 16.6. The van der Waals surface area contributed by atoms with E-state index < -0.39 is 0 Å². The number of fused-ring (bicyclic) bond motifs is 1. The van der Waals surface area contributed by atoms with Crippen LogP contribution in [0, 0.1) is 5.92 Å². The fourth-order valence-corrected chi connectivity index (χ4v) is 3.89. The molecular formula is C20H26N4O4. The number of imidazole rings is 1. The zero-order valence-electron chi connectivity index (χ0n) is 16.1. The third-order valence-electron chi connectivity index (χ3n) is 5.46. The fourth-order valence-electron chi connectivity index (χ4n) is 3.89. The van der Waals surface area contributed by atoms with Gasteiger partial charge in [0, 0.05) is 25.4 Å². The molecule has 4 rings (SSSR count). The van der Waals surface area contributed by atoms with Crippen molar-refractivity contribution in [1.82, 2.24) is 14.7 Å². The maximum Gasteiger partial charge on any atom is 0.253 e. The molecule has 0 radical (unpaired) electrons. The normalized spacial score (nSPS) is 20.8. The number of carbonyl (C=O) groups is 2. The molecule has 1 saturated carbocycles. The van der Waals surface area contributed by atoms with Gasteiger partial charge in [-0.1, -0.05) is 19.3 Å². The minimum absolute atomic E-state index is 0.00752. The molecule has 2 N–H and O–H groups in total. The molecule has 1 unspecified atom stereocenters. The Labute approximate surface area is 163 Å². The first-order valence-corrected chi connectivity index (χ1v) is 9.90. The van der Waals surface area contributed by atoms with Crippen LogP contribution in [0.4, 0.5) is 5.69 Å². The van der Waals surface area contributed by atoms with Gasteiger partial charge in [-0.15, -0.1) is 0 Å². The number of aromatic nitrogens is 2. The molecule has 1 aliphatic heterocycles. The largest absolute Gasteiger partial charge is 0.376 e. The number of carbonyl (C=O) groups excluding carboxylic acids is 2. The van der Waals surface area contributed by atoms with E-state index in [0.29, 0.717) is 36.7 Å². The van der Waals surface area contributed by atoms with Crippen LogP contribution in [0.3, 0.4) is 0 Å². The van der Waals surface area contributed by atoms with Crippen LogP contribution in [0.15, 0.2) is 18.5 Å². The number of anilines is 1. The highest BCUT2D eigenvalue weighted by Crippen LogP contribution is 2.27. The van der Waals surface area contributed by atoms with Crippen molar-refractivity contribution < 1.29 is 19.1 Å². The molecule has 2 aromatic rings. The molecule has 28 heavy (non-hydrogen) atoms. The van der Waals surface area contributed by atoms with Crippen molar-refractivity contribution in [2.75, 3.05) is 32.2 Å². The van der Waals surface area contributed by atoms with Crippen LogP contribution in [0.1, 0.15) is 54.3 Å². The Morgan fingerprint density at radius 3 is 2.71 bits per heavy atom. The molecule has 8 nitrogen and oxygen atoms in total. The summed E-state index contributed by atoms with van der Waals surface area (Å²) in [7, 11) is 1.57. The summed E-state index contributed by atoms with van der Waals surface area (Å²) in [5.74, 6) is -0.273. The van der Waals surface area contributed by atoms with E-state index in [-0.39, 0.29) is 23.8 Å². The van der Waals surface area contributed by atoms with Gasteiger partial charge in [0.25, 0.3) is 5.91 Å². The lowest BCUT2D eigenvalue weighted by molar-refractivity contribution is -0.120. The quantitative estimate of drug-likeness (QED) is 0.841. The monoisotopic (exact) mass is 386 g/mol. The second-order valence-corrected chi connectivity index (χ2v) is 7.37. The van der Waals surface area contributed by atoms with E-state index in [2.05, 4.69) is 15.6 Å². The van der Waals surface area contributed by atoms with Gasteiger partial charge in [0.2, 0.25) is 5.91 Å². The van der Waals surface area contributed by atoms with Crippen molar-refractivity contribution in [2.45, 2.75) is 38.2 Å². The van der Waals surface area contributed by atoms with Crippen LogP contribution < -0.4 is 10.6 Å². The van der Waals surface area contributed by atoms with Crippen LogP contribution in [-0.2, 0) is 14.3 Å². The van der Waals surface area contributed by atoms with Crippen molar-refractivity contribution in [3.05, 3.63) is 29.7 Å². The summed E-state index contributed by atoms with van der Waals surface area (Å²) in [6, 6.07) is 1.70. The maximum atomic E-state index is 12.7. The standard InChI is InChI=1S/C20H26N4O4/c1-21-20(26)14-9-18-22-16(17-12-27-7-8-28-17)11-24(18)10-15(14)23-19(25)13-5-3-2-4-6-13/h9-11,13,17H,2-8,12H2,1H3,(H,21,26)(H,23,25). The number of ether oxygens (including phenoxy) is 2. The molecule has 1 saturated heterocycles. The minimum Gasteiger partial charge on any atom is -0.376 e. The molecule has 150 valence electrons. The molecule has 8 heteroatoms. The summed E-state index contributed by atoms with van der Waals surface area (Å²) in [5, 5.41) is 5.61. The predicted molar refractivity (Wildman–Crippen MR) is 103 cm³/mol. The first-order chi connectivity index (χ1) is 13.7. The smallest absolute Gasteiger partial charge is 0.253 e. The Hall–Kier alpha value is -2.45. The lowest BCUT2D eigenvalue weighted by Crippen LogP contribution is -2.27. The Bertz CT molecular complexity index is 866. The number of nitrogens with zero attached hydrogens (tertiary/aromatic N) is 2. The van der Waals surface area contributed by atoms with Crippen molar-refractivity contribution in [2.24, 2.45) is 5.92 Å². The van der Waals surface area contributed by atoms with Crippen molar-refractivity contribution in [3.8, 4) is 0 Å². The maximum absolute atomic E-state index is 12.7. The van der Waals surface area contributed by atoms with Crippen molar-refractivity contribution in [1.29, 1.82) is 0 Å². The minimum atomic E-state index is -0.261. The molecule has 0 spiro atoms. The van der Waals surface area contributed by atoms with E-state index in [1.54, 1.807) is 19.3 Å². The van der Waals surface area contributed by atoms with Gasteiger partial charge in [0.15, 0.2) is 0 Å². The lowest BCUT2D eigenvalue weighted by atomic mass is 9.88. The first kappa shape index (κ1) is 18.9. The molecular weight excluding hydrogens is 360 g/mol. The van der Waals surface area contributed by atoms with E-state index in [4.69, 9.17) is 9.47 Å². The summed E-state index contributed by atoms with van der Waals surface area (Å²) in [4.78, 5) is 29.7. The van der Waals surface area contributed by atoms with Gasteiger partial charge < -0.3 is 24.5 Å². The Morgan fingerprint density at radius 1 is 1.18 bits per heavy atom. The second kappa shape index (κ2) is 8.28. The van der Waals surface area contributed by atoms with Crippen LogP contribution in [0.5, 0.6) is 0 Å². The highest BCUT2D eigenvalue weighted by molar-refractivity contribution is 6.04. The van der Waals surface area contributed by atoms with E-state index in [1.165, 1.54) is 6.42 Å². The van der Waals surface area contributed by atoms with Crippen LogP contribution in [0.2, 0.25) is 0 Å². The number of pyridine rings is 1. The van der Waals surface area contributed by atoms with Crippen molar-refractivity contribution >= 4 is 23.1 Å². The molecule has 0 bridgehead atoms. The number of nitrogens with one attached hydrogen (secondary N) is 2. The number of hydrogen-bond acceptors (Lipinski definition) is 5. The number of hydrogen-bond donors (Lipinski definition) is 2. The van der Waals surface area contributed by atoms with Crippen molar-refractivity contribution in [3.63, 3.8) is 0 Å². The molecule has 3 heterocycles. The summed E-state index contributed by atoms with van der Waals surface area (Å²) >= 11 is 0. The zero-order valence-corrected chi connectivity index (χ0v) is 16.1. The van der Waals surface area contributed by atoms with Gasteiger partial charge in [0.05, 0.1) is 36.8 Å². The SMILES string of the molecule is CNC(=O)c1cc2nc(C3COCCO3)cn2cc1NC(=O)C1CCCCC1. The average molecular weight is 386 g/mol. The van der Waals surface area contributed by atoms with Crippen LogP contribution in [0.25, 0.3) is 5.65 Å². The zero-order chi connectivity index (χ0) is 19.5. The molecule has 2 aromatic heterocycles. The molecule has 1 atom stereocenters. The summed E-state index contributed by atoms with van der Waals surface area (Å²) in [6.45, 7) is 1.57. The summed E-state index contributed by atoms with van der Waals surface area (Å²) in [5.41, 5.74) is 2.26. The summed E-state index contributed by atoms with van der Waals surface area (Å²) in [6.07, 6.45) is 8.53. The van der Waals surface area contributed by atoms with Crippen LogP contribution in [-0.4, -0.2) is 48.1 Å². The van der Waals surface area contributed by atoms with E-state index in [1.807, 2.05) is 10.6 Å². The molecule has 2 fully saturated rings. The van der Waals surface area contributed by atoms with E-state index in [9.17, 15) is 9.59 Å². The van der Waals surface area contributed by atoms with E-state index in [0.717, 1.165) is 31.4 Å². The number of rotatable bonds is 4. The van der Waals surface area contributed by atoms with Crippen LogP contribution >= 0.6 is 0 Å². The summed E-state index contributed by atoms with van der Waals surface area (Å²) < 4.78 is 13.0. The fraction of sp³-hybridized carbons (Fsp3) is 0.550. The number of amides is 2. The lowest BCUT2D eigenvalue weighted by Gasteiger charge is -2.21. The second-order valence-electron chi connectivity index (χ2n) is 7.37. The van der Waals surface area contributed by atoms with Gasteiger partial charge in [-0.25, -0.2) is 4.98 Å². The Balaban J connectivity index is 1.64. The molecule has 1 aliphatic carbocycles. The van der Waals surface area contributed by atoms with Gasteiger partial charge in [0.1, 0.15) is 11.8 Å². The third-order valence-corrected chi connectivity index (χ3v) is 5.46. The van der Waals surface area contributed by atoms with Gasteiger partial charge >= 0.3 is 0 Å². The first-order valence-electron chi connectivity index (χ1n) is 9.90. The Morgan fingerprint density at radius 2 is 2.00 bits per heavy atom. The molecule has 2 amide bonds. The highest BCUT2D eigenvalue weighted by Gasteiger charge is 2.24. The van der Waals surface area contributed by atoms with Gasteiger partial charge in [-0.2, -0.15) is 0 Å². The third kappa shape index (κ3) is 3.88. The molecule has 2 aliphatic rings.